The van der Waals surface area contributed by atoms with Gasteiger partial charge in [0.05, 0.1) is 21.3 Å². The minimum absolute atomic E-state index is 0.266. The van der Waals surface area contributed by atoms with Crippen LogP contribution in [0.15, 0.2) is 41.3 Å². The van der Waals surface area contributed by atoms with Gasteiger partial charge in [0, 0.05) is 18.0 Å². The minimum atomic E-state index is -4.72. The molecule has 0 radical (unpaired) electrons. The van der Waals surface area contributed by atoms with Crippen LogP contribution >= 0.6 is 23.1 Å². The molecule has 4 aromatic rings. The molecule has 0 aliphatic carbocycles. The number of rotatable bonds is 4. The van der Waals surface area contributed by atoms with Gasteiger partial charge >= 0.3 is 6.36 Å². The van der Waals surface area contributed by atoms with Crippen molar-refractivity contribution in [3.05, 3.63) is 36.4 Å². The van der Waals surface area contributed by atoms with E-state index in [1.807, 2.05) is 36.1 Å². The van der Waals surface area contributed by atoms with Gasteiger partial charge in [0.15, 0.2) is 5.13 Å². The van der Waals surface area contributed by atoms with Gasteiger partial charge in [-0.2, -0.15) is 0 Å². The van der Waals surface area contributed by atoms with Crippen LogP contribution in [0.1, 0.15) is 0 Å². The maximum Gasteiger partial charge on any atom is 0.573 e. The number of alkyl halides is 3. The molecule has 0 aliphatic heterocycles. The number of halogens is 3. The van der Waals surface area contributed by atoms with E-state index < -0.39 is 6.36 Å². The first-order valence-electron chi connectivity index (χ1n) is 7.76. The van der Waals surface area contributed by atoms with Crippen LogP contribution in [0, 0.1) is 0 Å². The Bertz CT molecular complexity index is 1140. The summed E-state index contributed by atoms with van der Waals surface area (Å²) in [5.41, 5.74) is 2.41. The Labute approximate surface area is 160 Å². The largest absolute Gasteiger partial charge is 0.573 e. The van der Waals surface area contributed by atoms with Gasteiger partial charge in [-0.1, -0.05) is 11.3 Å². The van der Waals surface area contributed by atoms with Gasteiger partial charge in [0.2, 0.25) is 5.95 Å². The maximum absolute atomic E-state index is 12.4. The summed E-state index contributed by atoms with van der Waals surface area (Å²) in [6.07, 6.45) is -2.72. The van der Waals surface area contributed by atoms with E-state index in [1.165, 1.54) is 29.5 Å². The molecule has 0 bridgehead atoms. The number of anilines is 2. The molecule has 0 saturated heterocycles. The molecule has 0 unspecified atom stereocenters. The lowest BCUT2D eigenvalue weighted by molar-refractivity contribution is -0.274. The van der Waals surface area contributed by atoms with Crippen LogP contribution in [0.3, 0.4) is 0 Å². The summed E-state index contributed by atoms with van der Waals surface area (Å²) < 4.78 is 43.6. The molecule has 0 fully saturated rings. The molecule has 0 aliphatic rings. The Kier molecular flexibility index (Phi) is 4.39. The van der Waals surface area contributed by atoms with Gasteiger partial charge in [-0.3, -0.25) is 0 Å². The highest BCUT2D eigenvalue weighted by Crippen LogP contribution is 2.33. The molecule has 2 aromatic heterocycles. The second kappa shape index (κ2) is 6.61. The van der Waals surface area contributed by atoms with Gasteiger partial charge in [-0.15, -0.1) is 24.9 Å². The molecule has 2 aromatic carbocycles. The number of aromatic nitrogens is 3. The number of benzene rings is 2. The van der Waals surface area contributed by atoms with Crippen LogP contribution in [0.25, 0.3) is 21.3 Å². The molecule has 0 amide bonds. The van der Waals surface area contributed by atoms with E-state index in [-0.39, 0.29) is 5.75 Å². The van der Waals surface area contributed by atoms with E-state index in [4.69, 9.17) is 0 Å². The summed E-state index contributed by atoms with van der Waals surface area (Å²) in [6, 6.07) is 10.1. The molecule has 0 saturated carbocycles. The van der Waals surface area contributed by atoms with Crippen LogP contribution in [0.2, 0.25) is 0 Å². The lowest BCUT2D eigenvalue weighted by Crippen LogP contribution is -2.16. The number of nitrogens with zero attached hydrogens (tertiary/aromatic N) is 3. The molecule has 1 N–H and O–H groups in total. The van der Waals surface area contributed by atoms with Crippen LogP contribution in [0.5, 0.6) is 5.75 Å². The zero-order valence-electron chi connectivity index (χ0n) is 14.2. The normalized spacial score (nSPS) is 12.0. The van der Waals surface area contributed by atoms with Crippen molar-refractivity contribution in [2.24, 2.45) is 7.05 Å². The predicted molar refractivity (Wildman–Crippen MR) is 102 cm³/mol. The Morgan fingerprint density at radius 1 is 1.11 bits per heavy atom. The van der Waals surface area contributed by atoms with Crippen LogP contribution < -0.4 is 10.1 Å². The summed E-state index contributed by atoms with van der Waals surface area (Å²) in [4.78, 5) is 10.1. The monoisotopic (exact) mass is 410 g/mol. The van der Waals surface area contributed by atoms with Gasteiger partial charge in [-0.05, 0) is 36.6 Å². The molecule has 10 heteroatoms. The van der Waals surface area contributed by atoms with Crippen molar-refractivity contribution in [2.75, 3.05) is 11.6 Å². The standard InChI is InChI=1S/C17H13F3N4OS2/c1-24-13-6-4-10(26-2)8-12(13)21-15(24)23-16-22-11-5-3-9(7-14(11)27-16)25-17(18,19)20/h3-8H,1-2H3,(H,21,22,23). The lowest BCUT2D eigenvalue weighted by atomic mass is 10.3. The number of nitrogens with one attached hydrogen (secondary N) is 1. The fourth-order valence-corrected chi connectivity index (χ4v) is 3.99. The van der Waals surface area contributed by atoms with Gasteiger partial charge in [-0.25, -0.2) is 9.97 Å². The van der Waals surface area contributed by atoms with E-state index in [9.17, 15) is 13.2 Å². The van der Waals surface area contributed by atoms with Crippen LogP contribution in [0.4, 0.5) is 24.3 Å². The Balaban J connectivity index is 1.65. The van der Waals surface area contributed by atoms with Gasteiger partial charge < -0.3 is 14.6 Å². The van der Waals surface area contributed by atoms with E-state index in [1.54, 1.807) is 11.8 Å². The summed E-state index contributed by atoms with van der Waals surface area (Å²) in [6.45, 7) is 0. The summed E-state index contributed by atoms with van der Waals surface area (Å²) in [5, 5.41) is 3.69. The summed E-state index contributed by atoms with van der Waals surface area (Å²) in [5.74, 6) is 0.339. The van der Waals surface area contributed by atoms with E-state index >= 15 is 0 Å². The number of ether oxygens (including phenoxy) is 1. The smallest absolute Gasteiger partial charge is 0.406 e. The van der Waals surface area contributed by atoms with Crippen molar-refractivity contribution in [1.82, 2.24) is 14.5 Å². The second-order valence-corrected chi connectivity index (χ2v) is 7.58. The third-order valence-corrected chi connectivity index (χ3v) is 5.56. The number of hydrogen-bond acceptors (Lipinski definition) is 6. The summed E-state index contributed by atoms with van der Waals surface area (Å²) >= 11 is 2.87. The molecule has 2 heterocycles. The highest BCUT2D eigenvalue weighted by Gasteiger charge is 2.31. The Hall–Kier alpha value is -2.46. The third kappa shape index (κ3) is 3.67. The zero-order valence-corrected chi connectivity index (χ0v) is 15.8. The van der Waals surface area contributed by atoms with Crippen LogP contribution in [-0.2, 0) is 7.05 Å². The molecule has 27 heavy (non-hydrogen) atoms. The molecule has 4 rings (SSSR count). The molecule has 140 valence electrons. The SMILES string of the molecule is CSc1ccc2c(c1)nc(Nc1nc3ccc(OC(F)(F)F)cc3s1)n2C. The maximum atomic E-state index is 12.4. The molecule has 5 nitrogen and oxygen atoms in total. The fourth-order valence-electron chi connectivity index (χ4n) is 2.67. The molecule has 0 spiro atoms. The number of hydrogen-bond donors (Lipinski definition) is 1. The second-order valence-electron chi connectivity index (χ2n) is 5.67. The molecular formula is C17H13F3N4OS2. The van der Waals surface area contributed by atoms with Crippen molar-refractivity contribution in [3.8, 4) is 5.75 Å². The first-order valence-corrected chi connectivity index (χ1v) is 9.80. The molecule has 0 atom stereocenters. The third-order valence-electron chi connectivity index (χ3n) is 3.90. The van der Waals surface area contributed by atoms with Gasteiger partial charge in [0.1, 0.15) is 5.75 Å². The minimum Gasteiger partial charge on any atom is -0.406 e. The first kappa shape index (κ1) is 17.9. The number of thiazole rings is 1. The van der Waals surface area contributed by atoms with Crippen LogP contribution in [-0.4, -0.2) is 27.2 Å². The van der Waals surface area contributed by atoms with Crippen molar-refractivity contribution < 1.29 is 17.9 Å². The topological polar surface area (TPSA) is 52.0 Å². The number of imidazole rings is 1. The fraction of sp³-hybridized carbons (Fsp3) is 0.176. The quantitative estimate of drug-likeness (QED) is 0.447. The number of aryl methyl sites for hydroxylation is 1. The average Bonchev–Trinajstić information content (AvgIpc) is 3.13. The van der Waals surface area contributed by atoms with E-state index in [0.717, 1.165) is 15.9 Å². The first-order chi connectivity index (χ1) is 12.8. The van der Waals surface area contributed by atoms with E-state index in [2.05, 4.69) is 20.0 Å². The lowest BCUT2D eigenvalue weighted by Gasteiger charge is -2.07. The zero-order chi connectivity index (χ0) is 19.2. The van der Waals surface area contributed by atoms with Gasteiger partial charge in [0.25, 0.3) is 0 Å². The Morgan fingerprint density at radius 2 is 1.93 bits per heavy atom. The highest BCUT2D eigenvalue weighted by atomic mass is 32.2. The molecular weight excluding hydrogens is 397 g/mol. The summed E-state index contributed by atoms with van der Waals surface area (Å²) in [7, 11) is 1.89. The number of thioether (sulfide) groups is 1. The number of fused-ring (bicyclic) bond motifs is 2. The average molecular weight is 410 g/mol. The predicted octanol–water partition coefficient (Wildman–Crippen LogP) is 5.55. The van der Waals surface area contributed by atoms with Crippen molar-refractivity contribution in [2.45, 2.75) is 11.3 Å². The Morgan fingerprint density at radius 3 is 2.67 bits per heavy atom. The van der Waals surface area contributed by atoms with E-state index in [0.29, 0.717) is 21.3 Å². The van der Waals surface area contributed by atoms with Crippen molar-refractivity contribution in [1.29, 1.82) is 0 Å². The van der Waals surface area contributed by atoms with Crippen molar-refractivity contribution >= 4 is 55.4 Å². The highest BCUT2D eigenvalue weighted by molar-refractivity contribution is 7.98. The van der Waals surface area contributed by atoms with Crippen molar-refractivity contribution in [3.63, 3.8) is 0 Å².